The molecule has 3 aromatic rings. The molecule has 1 fully saturated rings. The minimum atomic E-state index is -3.77. The van der Waals surface area contributed by atoms with Gasteiger partial charge in [-0.25, -0.2) is 4.98 Å². The van der Waals surface area contributed by atoms with Gasteiger partial charge in [-0.1, -0.05) is 23.7 Å². The number of ether oxygens (including phenoxy) is 2. The first-order chi connectivity index (χ1) is 17.7. The molecule has 198 valence electrons. The van der Waals surface area contributed by atoms with Gasteiger partial charge in [-0.05, 0) is 38.1 Å². The van der Waals surface area contributed by atoms with Crippen LogP contribution in [-0.4, -0.2) is 57.8 Å². The molecule has 0 unspecified atom stereocenters. The fourth-order valence-electron chi connectivity index (χ4n) is 3.73. The predicted molar refractivity (Wildman–Crippen MR) is 147 cm³/mol. The first-order valence-electron chi connectivity index (χ1n) is 11.7. The van der Waals surface area contributed by atoms with Crippen LogP contribution in [0.5, 0.6) is 5.75 Å². The lowest BCUT2D eigenvalue weighted by Crippen LogP contribution is -2.36. The van der Waals surface area contributed by atoms with Gasteiger partial charge in [0.1, 0.15) is 10.8 Å². The standard InChI is InChI=1S/C24H30ClN7O4S/c1-16(2)30-37(33,34)31-20-7-5-4-6-19(20)27-23-18(25)15-26-24(29-23)28-21-9-8-17(14-22(21)35-3)32-10-12-36-13-11-32/h4-9,14-16,30-31H,10-13H2,1-3H3,(H2,26,27,28,29). The molecule has 2 heterocycles. The van der Waals surface area contributed by atoms with Gasteiger partial charge in [0.2, 0.25) is 5.95 Å². The van der Waals surface area contributed by atoms with Crippen LogP contribution in [-0.2, 0) is 14.9 Å². The van der Waals surface area contributed by atoms with E-state index in [0.717, 1.165) is 18.8 Å². The molecule has 0 saturated carbocycles. The monoisotopic (exact) mass is 547 g/mol. The van der Waals surface area contributed by atoms with E-state index in [1.54, 1.807) is 45.2 Å². The highest BCUT2D eigenvalue weighted by atomic mass is 35.5. The smallest absolute Gasteiger partial charge is 0.299 e. The van der Waals surface area contributed by atoms with E-state index in [1.165, 1.54) is 6.20 Å². The number of hydrogen-bond donors (Lipinski definition) is 4. The second-order valence-electron chi connectivity index (χ2n) is 8.55. The van der Waals surface area contributed by atoms with Crippen LogP contribution in [0.2, 0.25) is 5.02 Å². The molecule has 1 aromatic heterocycles. The van der Waals surface area contributed by atoms with Gasteiger partial charge < -0.3 is 25.0 Å². The molecule has 11 nitrogen and oxygen atoms in total. The van der Waals surface area contributed by atoms with Crippen LogP contribution in [0, 0.1) is 0 Å². The Bertz CT molecular complexity index is 1330. The second-order valence-corrected chi connectivity index (χ2v) is 10.4. The van der Waals surface area contributed by atoms with Crippen molar-refractivity contribution in [2.75, 3.05) is 53.7 Å². The van der Waals surface area contributed by atoms with Crippen molar-refractivity contribution in [2.24, 2.45) is 0 Å². The Kier molecular flexibility index (Phi) is 8.54. The maximum atomic E-state index is 12.4. The normalized spacial score (nSPS) is 13.9. The van der Waals surface area contributed by atoms with Crippen LogP contribution >= 0.6 is 11.6 Å². The van der Waals surface area contributed by atoms with Gasteiger partial charge in [-0.15, -0.1) is 0 Å². The minimum Gasteiger partial charge on any atom is -0.494 e. The van der Waals surface area contributed by atoms with Crippen LogP contribution in [0.15, 0.2) is 48.7 Å². The third-order valence-electron chi connectivity index (χ3n) is 5.37. The summed E-state index contributed by atoms with van der Waals surface area (Å²) >= 11 is 6.36. The lowest BCUT2D eigenvalue weighted by molar-refractivity contribution is 0.122. The van der Waals surface area contributed by atoms with Crippen molar-refractivity contribution in [3.05, 3.63) is 53.7 Å². The average molecular weight is 548 g/mol. The summed E-state index contributed by atoms with van der Waals surface area (Å²) in [6.07, 6.45) is 1.46. The van der Waals surface area contributed by atoms with Crippen LogP contribution in [0.4, 0.5) is 34.5 Å². The third kappa shape index (κ3) is 7.13. The quantitative estimate of drug-likeness (QED) is 0.296. The number of rotatable bonds is 10. The van der Waals surface area contributed by atoms with E-state index < -0.39 is 10.2 Å². The molecule has 1 saturated heterocycles. The Hall–Kier alpha value is -3.32. The zero-order valence-electron chi connectivity index (χ0n) is 20.8. The maximum Gasteiger partial charge on any atom is 0.299 e. The molecule has 4 N–H and O–H groups in total. The molecule has 1 aliphatic rings. The lowest BCUT2D eigenvalue weighted by Gasteiger charge is -2.29. The molecule has 0 amide bonds. The maximum absolute atomic E-state index is 12.4. The van der Waals surface area contributed by atoms with Gasteiger partial charge in [-0.3, -0.25) is 4.72 Å². The van der Waals surface area contributed by atoms with Crippen LogP contribution in [0.1, 0.15) is 13.8 Å². The Morgan fingerprint density at radius 2 is 1.78 bits per heavy atom. The molecule has 0 radical (unpaired) electrons. The molecule has 4 rings (SSSR count). The predicted octanol–water partition coefficient (Wildman–Crippen LogP) is 4.12. The van der Waals surface area contributed by atoms with Crippen molar-refractivity contribution in [3.63, 3.8) is 0 Å². The van der Waals surface area contributed by atoms with E-state index in [4.69, 9.17) is 21.1 Å². The zero-order valence-corrected chi connectivity index (χ0v) is 22.4. The molecular weight excluding hydrogens is 518 g/mol. The first-order valence-corrected chi connectivity index (χ1v) is 13.6. The topological polar surface area (TPSA) is 130 Å². The van der Waals surface area contributed by atoms with Gasteiger partial charge in [0, 0.05) is 30.9 Å². The van der Waals surface area contributed by atoms with Gasteiger partial charge in [0.25, 0.3) is 10.2 Å². The van der Waals surface area contributed by atoms with E-state index >= 15 is 0 Å². The highest BCUT2D eigenvalue weighted by Crippen LogP contribution is 2.33. The SMILES string of the molecule is COc1cc(N2CCOCC2)ccc1Nc1ncc(Cl)c(Nc2ccccc2NS(=O)(=O)NC(C)C)n1. The number of methoxy groups -OCH3 is 1. The molecule has 0 aliphatic carbocycles. The number of aromatic nitrogens is 2. The largest absolute Gasteiger partial charge is 0.494 e. The summed E-state index contributed by atoms with van der Waals surface area (Å²) in [7, 11) is -2.17. The number of para-hydroxylation sites is 2. The number of nitrogens with one attached hydrogen (secondary N) is 4. The molecule has 37 heavy (non-hydrogen) atoms. The molecule has 2 aromatic carbocycles. The summed E-state index contributed by atoms with van der Waals surface area (Å²) in [5, 5.41) is 6.53. The van der Waals surface area contributed by atoms with Gasteiger partial charge in [-0.2, -0.15) is 18.1 Å². The van der Waals surface area contributed by atoms with Crippen molar-refractivity contribution < 1.29 is 17.9 Å². The van der Waals surface area contributed by atoms with E-state index in [1.807, 2.05) is 18.2 Å². The number of anilines is 6. The van der Waals surface area contributed by atoms with Gasteiger partial charge in [0.15, 0.2) is 5.82 Å². The van der Waals surface area contributed by atoms with Crippen molar-refractivity contribution >= 4 is 56.3 Å². The third-order valence-corrected chi connectivity index (χ3v) is 6.91. The van der Waals surface area contributed by atoms with Crippen molar-refractivity contribution in [2.45, 2.75) is 19.9 Å². The number of hydrogen-bond acceptors (Lipinski definition) is 9. The molecule has 1 aliphatic heterocycles. The van der Waals surface area contributed by atoms with E-state index in [2.05, 4.69) is 34.9 Å². The van der Waals surface area contributed by atoms with Gasteiger partial charge >= 0.3 is 0 Å². The van der Waals surface area contributed by atoms with Gasteiger partial charge in [0.05, 0.1) is 43.6 Å². The van der Waals surface area contributed by atoms with Crippen LogP contribution < -0.4 is 29.7 Å². The fraction of sp³-hybridized carbons (Fsp3) is 0.333. The molecule has 0 spiro atoms. The highest BCUT2D eigenvalue weighted by Gasteiger charge is 2.17. The van der Waals surface area contributed by atoms with Crippen molar-refractivity contribution in [3.8, 4) is 5.75 Å². The number of nitrogens with zero attached hydrogens (tertiary/aromatic N) is 3. The summed E-state index contributed by atoms with van der Waals surface area (Å²) in [5.41, 5.74) is 2.52. The Balaban J connectivity index is 1.54. The minimum absolute atomic E-state index is 0.262. The molecular formula is C24H30ClN7O4S. The Morgan fingerprint density at radius 1 is 1.05 bits per heavy atom. The Morgan fingerprint density at radius 3 is 2.49 bits per heavy atom. The fourth-order valence-corrected chi connectivity index (χ4v) is 5.02. The molecule has 0 bridgehead atoms. The summed E-state index contributed by atoms with van der Waals surface area (Å²) in [4.78, 5) is 11.0. The highest BCUT2D eigenvalue weighted by molar-refractivity contribution is 7.90. The average Bonchev–Trinajstić information content (AvgIpc) is 2.87. The van der Waals surface area contributed by atoms with E-state index in [-0.39, 0.29) is 17.0 Å². The number of halogens is 1. The second kappa shape index (κ2) is 11.8. The number of benzene rings is 2. The van der Waals surface area contributed by atoms with E-state index in [0.29, 0.717) is 41.8 Å². The van der Waals surface area contributed by atoms with E-state index in [9.17, 15) is 8.42 Å². The van der Waals surface area contributed by atoms with Crippen LogP contribution in [0.25, 0.3) is 0 Å². The first kappa shape index (κ1) is 26.7. The summed E-state index contributed by atoms with van der Waals surface area (Å²) < 4.78 is 40.8. The van der Waals surface area contributed by atoms with Crippen molar-refractivity contribution in [1.82, 2.24) is 14.7 Å². The molecule has 0 atom stereocenters. The zero-order chi connectivity index (χ0) is 26.4. The summed E-state index contributed by atoms with van der Waals surface area (Å²) in [5.74, 6) is 1.21. The van der Waals surface area contributed by atoms with Crippen molar-refractivity contribution in [1.29, 1.82) is 0 Å². The Labute approximate surface area is 221 Å². The lowest BCUT2D eigenvalue weighted by atomic mass is 10.2. The molecule has 13 heteroatoms. The summed E-state index contributed by atoms with van der Waals surface area (Å²) in [6.45, 7) is 6.49. The number of morpholine rings is 1. The summed E-state index contributed by atoms with van der Waals surface area (Å²) in [6, 6.07) is 12.4. The van der Waals surface area contributed by atoms with Crippen LogP contribution in [0.3, 0.4) is 0 Å².